The van der Waals surface area contributed by atoms with Crippen molar-refractivity contribution in [3.63, 3.8) is 0 Å². The van der Waals surface area contributed by atoms with E-state index in [1.807, 2.05) is 4.90 Å². The molecule has 9 heteroatoms. The molecule has 0 atom stereocenters. The molecule has 1 aromatic rings. The summed E-state index contributed by atoms with van der Waals surface area (Å²) in [4.78, 5) is 22.7. The topological polar surface area (TPSA) is 76.6 Å². The van der Waals surface area contributed by atoms with Gasteiger partial charge in [-0.2, -0.15) is 0 Å². The molecule has 1 aliphatic carbocycles. The third-order valence-corrected chi connectivity index (χ3v) is 4.57. The van der Waals surface area contributed by atoms with Crippen LogP contribution < -0.4 is 10.2 Å². The van der Waals surface area contributed by atoms with E-state index in [0.717, 1.165) is 0 Å². The lowest BCUT2D eigenvalue weighted by atomic mass is 9.92. The number of halogens is 2. The average Bonchev–Trinajstić information content (AvgIpc) is 2.64. The first-order chi connectivity index (χ1) is 12.5. The molecule has 0 aromatic carbocycles. The second-order valence-corrected chi connectivity index (χ2v) is 6.53. The fourth-order valence-electron chi connectivity index (χ4n) is 3.14. The van der Waals surface area contributed by atoms with E-state index >= 15 is 0 Å². The van der Waals surface area contributed by atoms with Gasteiger partial charge in [0.05, 0.1) is 19.8 Å². The third-order valence-electron chi connectivity index (χ3n) is 4.57. The normalized spacial score (nSPS) is 20.7. The van der Waals surface area contributed by atoms with Crippen LogP contribution in [0.4, 0.5) is 20.4 Å². The third kappa shape index (κ3) is 4.78. The minimum absolute atomic E-state index is 0.0283. The van der Waals surface area contributed by atoms with Gasteiger partial charge >= 0.3 is 5.97 Å². The number of alkyl halides is 2. The molecule has 26 heavy (non-hydrogen) atoms. The van der Waals surface area contributed by atoms with Crippen molar-refractivity contribution in [3.8, 4) is 0 Å². The number of hydrogen-bond acceptors (Lipinski definition) is 7. The zero-order chi connectivity index (χ0) is 18.6. The van der Waals surface area contributed by atoms with Gasteiger partial charge in [-0.25, -0.2) is 23.5 Å². The van der Waals surface area contributed by atoms with Gasteiger partial charge in [-0.1, -0.05) is 0 Å². The van der Waals surface area contributed by atoms with Crippen molar-refractivity contribution in [1.29, 1.82) is 0 Å². The molecule has 0 unspecified atom stereocenters. The number of carbonyl (C=O) groups is 1. The standard InChI is InChI=1S/C17H24F2N4O3/c1-2-26-16(24)15-21-13(20-12-3-5-17(18,19)6-4-12)11-14(22-15)23-7-9-25-10-8-23/h11-12H,2-10H2,1H3,(H,20,21,22). The number of ether oxygens (including phenoxy) is 2. The molecular weight excluding hydrogens is 346 g/mol. The minimum Gasteiger partial charge on any atom is -0.460 e. The molecule has 2 aliphatic rings. The lowest BCUT2D eigenvalue weighted by Gasteiger charge is -2.30. The van der Waals surface area contributed by atoms with Crippen LogP contribution in [0.15, 0.2) is 6.07 Å². The zero-order valence-corrected chi connectivity index (χ0v) is 14.8. The van der Waals surface area contributed by atoms with Crippen molar-refractivity contribution >= 4 is 17.6 Å². The van der Waals surface area contributed by atoms with E-state index in [2.05, 4.69) is 15.3 Å². The highest BCUT2D eigenvalue weighted by atomic mass is 19.3. The van der Waals surface area contributed by atoms with Crippen molar-refractivity contribution in [1.82, 2.24) is 9.97 Å². The lowest BCUT2D eigenvalue weighted by molar-refractivity contribution is -0.0361. The van der Waals surface area contributed by atoms with Gasteiger partial charge in [0.25, 0.3) is 0 Å². The van der Waals surface area contributed by atoms with Crippen LogP contribution in [0.25, 0.3) is 0 Å². The highest BCUT2D eigenvalue weighted by molar-refractivity contribution is 5.86. The fraction of sp³-hybridized carbons (Fsp3) is 0.706. The maximum atomic E-state index is 13.3. The molecular formula is C17H24F2N4O3. The van der Waals surface area contributed by atoms with E-state index in [-0.39, 0.29) is 31.3 Å². The number of nitrogens with one attached hydrogen (secondary N) is 1. The van der Waals surface area contributed by atoms with E-state index in [9.17, 15) is 13.6 Å². The summed E-state index contributed by atoms with van der Waals surface area (Å²) < 4.78 is 37.0. The Kier molecular flexibility index (Phi) is 5.85. The molecule has 144 valence electrons. The van der Waals surface area contributed by atoms with Crippen molar-refractivity contribution in [2.24, 2.45) is 0 Å². The Labute approximate surface area is 151 Å². The number of carbonyl (C=O) groups excluding carboxylic acids is 1. The Bertz CT molecular complexity index is 628. The number of nitrogens with zero attached hydrogens (tertiary/aromatic N) is 3. The Morgan fingerprint density at radius 1 is 1.35 bits per heavy atom. The maximum Gasteiger partial charge on any atom is 0.376 e. The van der Waals surface area contributed by atoms with Crippen LogP contribution in [0.1, 0.15) is 43.2 Å². The second kappa shape index (κ2) is 8.11. The summed E-state index contributed by atoms with van der Waals surface area (Å²) in [5, 5.41) is 3.19. The number of esters is 1. The van der Waals surface area contributed by atoms with Gasteiger partial charge in [-0.3, -0.25) is 0 Å². The highest BCUT2D eigenvalue weighted by Gasteiger charge is 2.35. The molecule has 2 heterocycles. The van der Waals surface area contributed by atoms with Crippen LogP contribution in [-0.4, -0.2) is 60.8 Å². The van der Waals surface area contributed by atoms with Gasteiger partial charge in [0.15, 0.2) is 0 Å². The van der Waals surface area contributed by atoms with E-state index in [1.54, 1.807) is 13.0 Å². The van der Waals surface area contributed by atoms with Gasteiger partial charge in [0.2, 0.25) is 11.7 Å². The first-order valence-electron chi connectivity index (χ1n) is 9.00. The first-order valence-corrected chi connectivity index (χ1v) is 9.00. The van der Waals surface area contributed by atoms with Gasteiger partial charge < -0.3 is 19.7 Å². The second-order valence-electron chi connectivity index (χ2n) is 6.53. The number of rotatable bonds is 5. The van der Waals surface area contributed by atoms with Gasteiger partial charge in [-0.15, -0.1) is 0 Å². The first kappa shape index (κ1) is 18.8. The molecule has 1 aliphatic heterocycles. The van der Waals surface area contributed by atoms with Crippen molar-refractivity contribution in [2.75, 3.05) is 43.1 Å². The summed E-state index contributed by atoms with van der Waals surface area (Å²) in [5.74, 6) is -2.14. The quantitative estimate of drug-likeness (QED) is 0.798. The Hall–Kier alpha value is -2.03. The van der Waals surface area contributed by atoms with Crippen LogP contribution in [0.2, 0.25) is 0 Å². The Balaban J connectivity index is 1.78. The predicted octanol–water partition coefficient (Wildman–Crippen LogP) is 2.48. The highest BCUT2D eigenvalue weighted by Crippen LogP contribution is 2.34. The summed E-state index contributed by atoms with van der Waals surface area (Å²) in [6.07, 6.45) is 0.435. The van der Waals surface area contributed by atoms with Crippen LogP contribution in [0.5, 0.6) is 0 Å². The zero-order valence-electron chi connectivity index (χ0n) is 14.8. The SMILES string of the molecule is CCOC(=O)c1nc(NC2CCC(F)(F)CC2)cc(N2CCOCC2)n1. The molecule has 3 rings (SSSR count). The molecule has 7 nitrogen and oxygen atoms in total. The summed E-state index contributed by atoms with van der Waals surface area (Å²) in [6, 6.07) is 1.65. The number of morpholine rings is 1. The van der Waals surface area contributed by atoms with Crippen molar-refractivity contribution < 1.29 is 23.0 Å². The molecule has 1 aromatic heterocycles. The smallest absolute Gasteiger partial charge is 0.376 e. The van der Waals surface area contributed by atoms with E-state index in [1.165, 1.54) is 0 Å². The number of anilines is 2. The summed E-state index contributed by atoms with van der Waals surface area (Å²) in [5.41, 5.74) is 0. The number of aromatic nitrogens is 2. The van der Waals surface area contributed by atoms with Crippen molar-refractivity contribution in [3.05, 3.63) is 11.9 Å². The monoisotopic (exact) mass is 370 g/mol. The largest absolute Gasteiger partial charge is 0.460 e. The predicted molar refractivity (Wildman–Crippen MR) is 91.8 cm³/mol. The Morgan fingerprint density at radius 2 is 2.04 bits per heavy atom. The van der Waals surface area contributed by atoms with Crippen LogP contribution >= 0.6 is 0 Å². The fourth-order valence-corrected chi connectivity index (χ4v) is 3.14. The van der Waals surface area contributed by atoms with Gasteiger partial charge in [0, 0.05) is 38.0 Å². The lowest BCUT2D eigenvalue weighted by Crippen LogP contribution is -2.37. The van der Waals surface area contributed by atoms with E-state index in [4.69, 9.17) is 9.47 Å². The van der Waals surface area contributed by atoms with Crippen LogP contribution in [-0.2, 0) is 9.47 Å². The average molecular weight is 370 g/mol. The molecule has 0 spiro atoms. The molecule has 2 fully saturated rings. The number of hydrogen-bond donors (Lipinski definition) is 1. The Morgan fingerprint density at radius 3 is 2.69 bits per heavy atom. The maximum absolute atomic E-state index is 13.3. The van der Waals surface area contributed by atoms with Crippen molar-refractivity contribution in [2.45, 2.75) is 44.6 Å². The molecule has 1 saturated carbocycles. The van der Waals surface area contributed by atoms with Gasteiger partial charge in [-0.05, 0) is 19.8 Å². The van der Waals surface area contributed by atoms with Crippen LogP contribution in [0, 0.1) is 0 Å². The van der Waals surface area contributed by atoms with Gasteiger partial charge in [0.1, 0.15) is 11.6 Å². The van der Waals surface area contributed by atoms with Crippen LogP contribution in [0.3, 0.4) is 0 Å². The molecule has 1 N–H and O–H groups in total. The summed E-state index contributed by atoms with van der Waals surface area (Å²) in [6.45, 7) is 4.43. The summed E-state index contributed by atoms with van der Waals surface area (Å²) >= 11 is 0. The van der Waals surface area contributed by atoms with E-state index in [0.29, 0.717) is 50.8 Å². The molecule has 0 amide bonds. The minimum atomic E-state index is -2.58. The van der Waals surface area contributed by atoms with E-state index < -0.39 is 11.9 Å². The molecule has 0 bridgehead atoms. The molecule has 0 radical (unpaired) electrons. The molecule has 1 saturated heterocycles. The summed E-state index contributed by atoms with van der Waals surface area (Å²) in [7, 11) is 0.